The first-order valence-electron chi connectivity index (χ1n) is 7.46. The molecule has 3 rings (SSSR count). The average molecular weight is 354 g/mol. The molecule has 0 aromatic heterocycles. The maximum absolute atomic E-state index is 12.0. The third kappa shape index (κ3) is 3.24. The lowest BCUT2D eigenvalue weighted by atomic mass is 10.0. The second kappa shape index (κ2) is 6.36. The van der Waals surface area contributed by atoms with Crippen LogP contribution in [-0.2, 0) is 9.47 Å². The summed E-state index contributed by atoms with van der Waals surface area (Å²) in [7, 11) is 0. The van der Waals surface area contributed by atoms with E-state index in [-0.39, 0.29) is 18.2 Å². The topological polar surface area (TPSA) is 38.8 Å². The Balaban J connectivity index is 1.78. The molecule has 0 saturated carbocycles. The summed E-state index contributed by atoms with van der Waals surface area (Å²) >= 11 is 3.48. The Kier molecular flexibility index (Phi) is 4.50. The minimum absolute atomic E-state index is 0.00359. The molecule has 1 amide bonds. The van der Waals surface area contributed by atoms with Crippen LogP contribution >= 0.6 is 15.9 Å². The molecule has 0 bridgehead atoms. The maximum Gasteiger partial charge on any atom is 0.410 e. The van der Waals surface area contributed by atoms with Crippen molar-refractivity contribution in [2.45, 2.75) is 38.3 Å². The van der Waals surface area contributed by atoms with E-state index in [0.29, 0.717) is 13.2 Å². The van der Waals surface area contributed by atoms with Crippen LogP contribution in [0.3, 0.4) is 0 Å². The molecule has 0 spiro atoms. The summed E-state index contributed by atoms with van der Waals surface area (Å²) < 4.78 is 12.1. The van der Waals surface area contributed by atoms with Crippen molar-refractivity contribution in [3.8, 4) is 0 Å². The molecule has 2 unspecified atom stereocenters. The van der Waals surface area contributed by atoms with Crippen molar-refractivity contribution in [3.63, 3.8) is 0 Å². The van der Waals surface area contributed by atoms with Crippen LogP contribution in [0.25, 0.3) is 0 Å². The van der Waals surface area contributed by atoms with Crippen molar-refractivity contribution in [2.75, 3.05) is 19.8 Å². The van der Waals surface area contributed by atoms with Crippen molar-refractivity contribution in [2.24, 2.45) is 0 Å². The summed E-state index contributed by atoms with van der Waals surface area (Å²) in [6.07, 6.45) is 3.24. The molecule has 2 aliphatic rings. The number of ether oxygens (including phenoxy) is 2. The van der Waals surface area contributed by atoms with Gasteiger partial charge in [0.25, 0.3) is 0 Å². The number of hydrogen-bond acceptors (Lipinski definition) is 3. The normalized spacial score (nSPS) is 26.0. The number of carbonyl (C=O) groups excluding carboxylic acids is 1. The van der Waals surface area contributed by atoms with E-state index in [1.165, 1.54) is 12.0 Å². The van der Waals surface area contributed by atoms with Crippen LogP contribution in [0, 0.1) is 6.92 Å². The van der Waals surface area contributed by atoms with E-state index < -0.39 is 0 Å². The first-order chi connectivity index (χ1) is 10.1. The predicted molar refractivity (Wildman–Crippen MR) is 83.3 cm³/mol. The smallest absolute Gasteiger partial charge is 0.410 e. The van der Waals surface area contributed by atoms with Gasteiger partial charge in [0.05, 0.1) is 18.7 Å². The van der Waals surface area contributed by atoms with Crippen LogP contribution in [0.5, 0.6) is 0 Å². The van der Waals surface area contributed by atoms with E-state index in [1.54, 1.807) is 0 Å². The van der Waals surface area contributed by atoms with Gasteiger partial charge in [-0.15, -0.1) is 0 Å². The Morgan fingerprint density at radius 2 is 2.24 bits per heavy atom. The van der Waals surface area contributed by atoms with E-state index in [0.717, 1.165) is 29.5 Å². The van der Waals surface area contributed by atoms with E-state index in [1.807, 2.05) is 11.0 Å². The van der Waals surface area contributed by atoms with Gasteiger partial charge < -0.3 is 9.47 Å². The zero-order valence-corrected chi connectivity index (χ0v) is 13.8. The first-order valence-corrected chi connectivity index (χ1v) is 8.25. The molecule has 1 aromatic rings. The quantitative estimate of drug-likeness (QED) is 0.828. The summed E-state index contributed by atoms with van der Waals surface area (Å²) in [6, 6.07) is 6.16. The van der Waals surface area contributed by atoms with Gasteiger partial charge in [-0.05, 0) is 49.4 Å². The monoisotopic (exact) mass is 353 g/mol. The highest BCUT2D eigenvalue weighted by Gasteiger charge is 2.36. The molecule has 2 atom stereocenters. The second-order valence-electron chi connectivity index (χ2n) is 5.73. The van der Waals surface area contributed by atoms with Gasteiger partial charge in [-0.2, -0.15) is 0 Å². The molecule has 2 fully saturated rings. The zero-order chi connectivity index (χ0) is 14.8. The minimum Gasteiger partial charge on any atom is -0.447 e. The van der Waals surface area contributed by atoms with Gasteiger partial charge in [-0.1, -0.05) is 22.0 Å². The molecular formula is C16H20BrNO3. The fourth-order valence-corrected chi connectivity index (χ4v) is 3.57. The highest BCUT2D eigenvalue weighted by atomic mass is 79.9. The molecular weight excluding hydrogens is 334 g/mol. The molecule has 0 radical (unpaired) electrons. The van der Waals surface area contributed by atoms with Crippen LogP contribution in [0.2, 0.25) is 0 Å². The highest BCUT2D eigenvalue weighted by molar-refractivity contribution is 9.10. The second-order valence-corrected chi connectivity index (χ2v) is 6.65. The number of benzene rings is 1. The highest BCUT2D eigenvalue weighted by Crippen LogP contribution is 2.32. The number of hydrogen-bond donors (Lipinski definition) is 0. The summed E-state index contributed by atoms with van der Waals surface area (Å²) in [6.45, 7) is 3.92. The van der Waals surface area contributed by atoms with Gasteiger partial charge in [0.1, 0.15) is 6.61 Å². The third-order valence-electron chi connectivity index (χ3n) is 4.24. The predicted octanol–water partition coefficient (Wildman–Crippen LogP) is 3.82. The average Bonchev–Trinajstić information content (AvgIpc) is 2.82. The van der Waals surface area contributed by atoms with Gasteiger partial charge in [0.15, 0.2) is 0 Å². The number of nitrogens with zero attached hydrogens (tertiary/aromatic N) is 1. The molecule has 0 N–H and O–H groups in total. The summed E-state index contributed by atoms with van der Waals surface area (Å²) in [5.74, 6) is 0. The van der Waals surface area contributed by atoms with Gasteiger partial charge in [0, 0.05) is 11.1 Å². The van der Waals surface area contributed by atoms with Crippen LogP contribution in [-0.4, -0.2) is 36.9 Å². The maximum atomic E-state index is 12.0. The van der Waals surface area contributed by atoms with Crippen molar-refractivity contribution in [1.82, 2.24) is 4.90 Å². The van der Waals surface area contributed by atoms with Crippen molar-refractivity contribution in [1.29, 1.82) is 0 Å². The van der Waals surface area contributed by atoms with Crippen LogP contribution in [0.1, 0.15) is 36.4 Å². The summed E-state index contributed by atoms with van der Waals surface area (Å²) in [5, 5.41) is 0. The molecule has 0 aliphatic carbocycles. The molecule has 5 heteroatoms. The summed E-state index contributed by atoms with van der Waals surface area (Å²) in [5.41, 5.74) is 2.32. The number of carbonyl (C=O) groups is 1. The van der Waals surface area contributed by atoms with Gasteiger partial charge in [-0.3, -0.25) is 4.90 Å². The number of cyclic esters (lactones) is 1. The van der Waals surface area contributed by atoms with E-state index in [2.05, 4.69) is 35.0 Å². The molecule has 21 heavy (non-hydrogen) atoms. The third-order valence-corrected chi connectivity index (χ3v) is 4.73. The fourth-order valence-electron chi connectivity index (χ4n) is 3.09. The molecule has 2 heterocycles. The largest absolute Gasteiger partial charge is 0.447 e. The van der Waals surface area contributed by atoms with Crippen molar-refractivity contribution >= 4 is 22.0 Å². The van der Waals surface area contributed by atoms with Gasteiger partial charge in [0.2, 0.25) is 0 Å². The molecule has 4 nitrogen and oxygen atoms in total. The Labute approximate surface area is 133 Å². The van der Waals surface area contributed by atoms with E-state index in [4.69, 9.17) is 9.47 Å². The number of halogens is 1. The van der Waals surface area contributed by atoms with Crippen LogP contribution in [0.4, 0.5) is 4.79 Å². The van der Waals surface area contributed by atoms with E-state index in [9.17, 15) is 4.79 Å². The van der Waals surface area contributed by atoms with Crippen molar-refractivity contribution in [3.05, 3.63) is 33.8 Å². The number of amides is 1. The van der Waals surface area contributed by atoms with Crippen LogP contribution < -0.4 is 0 Å². The Morgan fingerprint density at radius 1 is 1.38 bits per heavy atom. The summed E-state index contributed by atoms with van der Waals surface area (Å²) in [4.78, 5) is 13.9. The van der Waals surface area contributed by atoms with E-state index >= 15 is 0 Å². The molecule has 2 saturated heterocycles. The minimum atomic E-state index is -0.225. The lowest BCUT2D eigenvalue weighted by Crippen LogP contribution is -2.38. The van der Waals surface area contributed by atoms with Gasteiger partial charge in [-0.25, -0.2) is 4.79 Å². The zero-order valence-electron chi connectivity index (χ0n) is 12.2. The van der Waals surface area contributed by atoms with Crippen molar-refractivity contribution < 1.29 is 14.3 Å². The lowest BCUT2D eigenvalue weighted by Gasteiger charge is -2.29. The first kappa shape index (κ1) is 14.9. The Bertz CT molecular complexity index is 528. The number of aryl methyl sites for hydroxylation is 1. The van der Waals surface area contributed by atoms with Crippen LogP contribution in [0.15, 0.2) is 22.7 Å². The fraction of sp³-hybridized carbons (Fsp3) is 0.562. The lowest BCUT2D eigenvalue weighted by molar-refractivity contribution is -0.00196. The molecule has 114 valence electrons. The molecule has 2 aliphatic heterocycles. The van der Waals surface area contributed by atoms with Gasteiger partial charge >= 0.3 is 6.09 Å². The standard InChI is InChI=1S/C16H20BrNO3/c1-11-8-12(17)5-6-14(11)15-10-21-16(19)18(15)9-13-4-2-3-7-20-13/h5-6,8,13,15H,2-4,7,9-10H2,1H3. The Hall–Kier alpha value is -1.07. The SMILES string of the molecule is Cc1cc(Br)ccc1C1COC(=O)N1CC1CCCCO1. The molecule has 1 aromatic carbocycles. The number of rotatable bonds is 3. The Morgan fingerprint density at radius 3 is 2.95 bits per heavy atom.